The summed E-state index contributed by atoms with van der Waals surface area (Å²) in [5.41, 5.74) is 10.4. The summed E-state index contributed by atoms with van der Waals surface area (Å²) in [6.07, 6.45) is 16.4. The van der Waals surface area contributed by atoms with Crippen LogP contribution in [-0.2, 0) is 12.8 Å². The van der Waals surface area contributed by atoms with Crippen LogP contribution in [0.25, 0.3) is 6.08 Å². The zero-order valence-electron chi connectivity index (χ0n) is 17.2. The molecular formula is C28H29N. The molecule has 0 unspecified atom stereocenters. The molecule has 0 aromatic heterocycles. The molecule has 146 valence electrons. The first-order valence-electron chi connectivity index (χ1n) is 11.1. The number of aliphatic imine (C=N–C) groups is 1. The second-order valence-corrected chi connectivity index (χ2v) is 8.69. The molecule has 2 aromatic carbocycles. The molecule has 1 heteroatoms. The molecule has 1 heterocycles. The van der Waals surface area contributed by atoms with Crippen molar-refractivity contribution in [2.75, 3.05) is 0 Å². The zero-order chi connectivity index (χ0) is 19.6. The molecule has 1 fully saturated rings. The monoisotopic (exact) mass is 379 g/mol. The number of hydrogen-bond acceptors (Lipinski definition) is 1. The molecule has 2 aliphatic carbocycles. The Balaban J connectivity index is 1.32. The van der Waals surface area contributed by atoms with Gasteiger partial charge in [0.2, 0.25) is 0 Å². The van der Waals surface area contributed by atoms with E-state index in [4.69, 9.17) is 4.99 Å². The SMILES string of the molecule is C=C(Cc1ccccc1C1CCCCC1)C1=CCC(c2ccc3c(c2)CC=C3)=N1. The van der Waals surface area contributed by atoms with Gasteiger partial charge in [0, 0.05) is 6.42 Å². The minimum Gasteiger partial charge on any atom is -0.253 e. The molecule has 0 amide bonds. The maximum Gasteiger partial charge on any atom is 0.0626 e. The van der Waals surface area contributed by atoms with Gasteiger partial charge in [-0.05, 0) is 71.1 Å². The molecule has 1 saturated carbocycles. The highest BCUT2D eigenvalue weighted by Gasteiger charge is 2.20. The summed E-state index contributed by atoms with van der Waals surface area (Å²) < 4.78 is 0. The number of benzene rings is 2. The fourth-order valence-electron chi connectivity index (χ4n) is 5.10. The molecule has 2 aromatic rings. The van der Waals surface area contributed by atoms with Gasteiger partial charge >= 0.3 is 0 Å². The van der Waals surface area contributed by atoms with Crippen LogP contribution in [0.1, 0.15) is 72.3 Å². The number of fused-ring (bicyclic) bond motifs is 1. The first-order chi connectivity index (χ1) is 14.3. The van der Waals surface area contributed by atoms with Gasteiger partial charge in [0.15, 0.2) is 0 Å². The van der Waals surface area contributed by atoms with Crippen LogP contribution in [0.3, 0.4) is 0 Å². The summed E-state index contributed by atoms with van der Waals surface area (Å²) in [6, 6.07) is 15.8. The Bertz CT molecular complexity index is 1030. The average molecular weight is 380 g/mol. The van der Waals surface area contributed by atoms with Crippen molar-refractivity contribution in [3.8, 4) is 0 Å². The van der Waals surface area contributed by atoms with E-state index < -0.39 is 0 Å². The van der Waals surface area contributed by atoms with Gasteiger partial charge in [0.05, 0.1) is 11.4 Å². The maximum absolute atomic E-state index is 4.98. The van der Waals surface area contributed by atoms with Crippen LogP contribution in [0, 0.1) is 0 Å². The summed E-state index contributed by atoms with van der Waals surface area (Å²) in [5, 5.41) is 0. The van der Waals surface area contributed by atoms with Crippen LogP contribution in [0.5, 0.6) is 0 Å². The molecule has 3 aliphatic rings. The standard InChI is InChI=1S/C28H29N/c1-20(18-24-10-5-6-13-26(24)22-8-3-2-4-9-22)27-16-17-28(29-27)25-15-14-21-11-7-12-23(21)19-25/h5-7,10-11,13-16,19,22H,1-4,8-9,12,17-18H2. The number of nitrogens with zero attached hydrogens (tertiary/aromatic N) is 1. The van der Waals surface area contributed by atoms with E-state index in [0.29, 0.717) is 0 Å². The van der Waals surface area contributed by atoms with Crippen LogP contribution in [0.4, 0.5) is 0 Å². The Kier molecular flexibility index (Phi) is 5.06. The third-order valence-electron chi connectivity index (χ3n) is 6.72. The third-order valence-corrected chi connectivity index (χ3v) is 6.72. The average Bonchev–Trinajstić information content (AvgIpc) is 3.44. The normalized spacial score (nSPS) is 18.5. The van der Waals surface area contributed by atoms with E-state index >= 15 is 0 Å². The summed E-state index contributed by atoms with van der Waals surface area (Å²) in [4.78, 5) is 4.98. The molecule has 1 nitrogen and oxygen atoms in total. The smallest absolute Gasteiger partial charge is 0.0626 e. The highest BCUT2D eigenvalue weighted by molar-refractivity contribution is 6.04. The fourth-order valence-corrected chi connectivity index (χ4v) is 5.10. The third kappa shape index (κ3) is 3.79. The minimum absolute atomic E-state index is 0.726. The predicted molar refractivity (Wildman–Crippen MR) is 124 cm³/mol. The van der Waals surface area contributed by atoms with Gasteiger partial charge in [-0.3, -0.25) is 4.99 Å². The Morgan fingerprint density at radius 1 is 1.00 bits per heavy atom. The Hall–Kier alpha value is -2.67. The van der Waals surface area contributed by atoms with Gasteiger partial charge < -0.3 is 0 Å². The van der Waals surface area contributed by atoms with Crippen molar-refractivity contribution >= 4 is 11.8 Å². The lowest BCUT2D eigenvalue weighted by molar-refractivity contribution is 0.442. The van der Waals surface area contributed by atoms with Gasteiger partial charge in [0.1, 0.15) is 0 Å². The second kappa shape index (κ2) is 7.99. The number of allylic oxidation sites excluding steroid dienone is 3. The van der Waals surface area contributed by atoms with Crippen molar-refractivity contribution in [1.29, 1.82) is 0 Å². The first-order valence-corrected chi connectivity index (χ1v) is 11.1. The van der Waals surface area contributed by atoms with Gasteiger partial charge in [0.25, 0.3) is 0 Å². The van der Waals surface area contributed by atoms with Crippen LogP contribution >= 0.6 is 0 Å². The van der Waals surface area contributed by atoms with Gasteiger partial charge in [-0.2, -0.15) is 0 Å². The molecule has 0 saturated heterocycles. The van der Waals surface area contributed by atoms with Crippen molar-refractivity contribution in [1.82, 2.24) is 0 Å². The number of hydrogen-bond donors (Lipinski definition) is 0. The molecular weight excluding hydrogens is 350 g/mol. The van der Waals surface area contributed by atoms with E-state index in [-0.39, 0.29) is 0 Å². The van der Waals surface area contributed by atoms with Crippen LogP contribution in [0.2, 0.25) is 0 Å². The molecule has 5 rings (SSSR count). The van der Waals surface area contributed by atoms with Crippen molar-refractivity contribution in [3.63, 3.8) is 0 Å². The summed E-state index contributed by atoms with van der Waals surface area (Å²) in [6.45, 7) is 4.42. The molecule has 0 N–H and O–H groups in total. The highest BCUT2D eigenvalue weighted by Crippen LogP contribution is 2.36. The first kappa shape index (κ1) is 18.4. The Morgan fingerprint density at radius 3 is 2.76 bits per heavy atom. The molecule has 0 spiro atoms. The lowest BCUT2D eigenvalue weighted by Crippen LogP contribution is -2.08. The zero-order valence-corrected chi connectivity index (χ0v) is 17.2. The van der Waals surface area contributed by atoms with Crippen LogP contribution in [-0.4, -0.2) is 5.71 Å². The fraction of sp³-hybridized carbons (Fsp3) is 0.321. The Labute approximate surface area is 174 Å². The molecule has 0 atom stereocenters. The van der Waals surface area contributed by atoms with Crippen molar-refractivity contribution < 1.29 is 0 Å². The van der Waals surface area contributed by atoms with Crippen molar-refractivity contribution in [3.05, 3.63) is 100 Å². The largest absolute Gasteiger partial charge is 0.253 e. The van der Waals surface area contributed by atoms with Crippen LogP contribution < -0.4 is 0 Å². The quantitative estimate of drug-likeness (QED) is 0.522. The van der Waals surface area contributed by atoms with E-state index in [1.165, 1.54) is 60.1 Å². The van der Waals surface area contributed by atoms with E-state index in [0.717, 1.165) is 36.5 Å². The number of rotatable bonds is 5. The highest BCUT2D eigenvalue weighted by atomic mass is 14.8. The van der Waals surface area contributed by atoms with E-state index in [1.54, 1.807) is 5.56 Å². The molecule has 29 heavy (non-hydrogen) atoms. The van der Waals surface area contributed by atoms with Crippen molar-refractivity contribution in [2.45, 2.75) is 57.3 Å². The van der Waals surface area contributed by atoms with E-state index in [2.05, 4.69) is 67.3 Å². The summed E-state index contributed by atoms with van der Waals surface area (Å²) in [7, 11) is 0. The van der Waals surface area contributed by atoms with Crippen LogP contribution in [0.15, 0.2) is 77.5 Å². The predicted octanol–water partition coefficient (Wildman–Crippen LogP) is 7.18. The van der Waals surface area contributed by atoms with E-state index in [9.17, 15) is 0 Å². The molecule has 0 bridgehead atoms. The van der Waals surface area contributed by atoms with Gasteiger partial charge in [-0.25, -0.2) is 0 Å². The molecule has 1 aliphatic heterocycles. The van der Waals surface area contributed by atoms with Crippen molar-refractivity contribution in [2.24, 2.45) is 4.99 Å². The lowest BCUT2D eigenvalue weighted by Gasteiger charge is -2.24. The molecule has 0 radical (unpaired) electrons. The topological polar surface area (TPSA) is 12.4 Å². The van der Waals surface area contributed by atoms with Gasteiger partial charge in [-0.1, -0.05) is 80.5 Å². The maximum atomic E-state index is 4.98. The minimum atomic E-state index is 0.726. The van der Waals surface area contributed by atoms with E-state index in [1.807, 2.05) is 0 Å². The second-order valence-electron chi connectivity index (χ2n) is 8.69. The summed E-state index contributed by atoms with van der Waals surface area (Å²) in [5.74, 6) is 0.726. The van der Waals surface area contributed by atoms with Gasteiger partial charge in [-0.15, -0.1) is 0 Å². The Morgan fingerprint density at radius 2 is 1.86 bits per heavy atom. The summed E-state index contributed by atoms with van der Waals surface area (Å²) >= 11 is 0. The lowest BCUT2D eigenvalue weighted by atomic mass is 9.81.